The maximum absolute atomic E-state index is 14.2. The highest BCUT2D eigenvalue weighted by atomic mass is 32.1. The number of allylic oxidation sites excluding steroid dienone is 1. The Bertz CT molecular complexity index is 2120. The second kappa shape index (κ2) is 12.1. The number of carbonyl (C=O) groups excluding carboxylic acids is 2. The smallest absolute Gasteiger partial charge is 0.271 e. The van der Waals surface area contributed by atoms with Crippen molar-refractivity contribution in [1.82, 2.24) is 14.0 Å². The Hall–Kier alpha value is -5.06. The SMILES string of the molecule is CC1=C(C(=O)Nc2ccccc2)[C@H](c2ccccc2)n2c(s/c(=C/c3cn(CC(=O)N4CCOCC4)c4ccccc34)c2=O)=N1. The number of rotatable bonds is 6. The van der Waals surface area contributed by atoms with Crippen LogP contribution in [-0.4, -0.2) is 52.2 Å². The summed E-state index contributed by atoms with van der Waals surface area (Å²) >= 11 is 1.30. The molecule has 1 saturated heterocycles. The van der Waals surface area contributed by atoms with Gasteiger partial charge in [0.05, 0.1) is 35.1 Å². The highest BCUT2D eigenvalue weighted by Gasteiger charge is 2.32. The predicted octanol–water partition coefficient (Wildman–Crippen LogP) is 3.69. The van der Waals surface area contributed by atoms with Gasteiger partial charge in [-0.25, -0.2) is 4.99 Å². The van der Waals surface area contributed by atoms with Crippen molar-refractivity contribution in [3.63, 3.8) is 0 Å². The second-order valence-corrected chi connectivity index (χ2v) is 12.0. The molecular formula is C35H31N5O4S. The van der Waals surface area contributed by atoms with Crippen LogP contribution in [0.2, 0.25) is 0 Å². The topological polar surface area (TPSA) is 97.9 Å². The lowest BCUT2D eigenvalue weighted by molar-refractivity contribution is -0.135. The summed E-state index contributed by atoms with van der Waals surface area (Å²) in [6.45, 7) is 4.26. The molecule has 4 heterocycles. The molecule has 1 atom stereocenters. The van der Waals surface area contributed by atoms with E-state index in [9.17, 15) is 14.4 Å². The molecule has 10 heteroatoms. The molecule has 2 amide bonds. The minimum atomic E-state index is -0.652. The number of ether oxygens (including phenoxy) is 1. The minimum absolute atomic E-state index is 0.0321. The highest BCUT2D eigenvalue weighted by Crippen LogP contribution is 2.31. The molecule has 226 valence electrons. The van der Waals surface area contributed by atoms with Gasteiger partial charge < -0.3 is 19.5 Å². The zero-order chi connectivity index (χ0) is 30.9. The standard InChI is InChI=1S/C35H31N5O4S/c1-23-31(33(42)37-26-12-6-3-7-13-26)32(24-10-4-2-5-11-24)40-34(43)29(45-35(40)36-23)20-25-21-39(28-15-9-8-14-27(25)28)22-30(41)38-16-18-44-19-17-38/h2-15,20-21,32H,16-19,22H2,1H3,(H,37,42)/b29-20+/t32-/m0/s1. The first kappa shape index (κ1) is 28.7. The summed E-state index contributed by atoms with van der Waals surface area (Å²) < 4.78 is 9.47. The van der Waals surface area contributed by atoms with E-state index in [0.29, 0.717) is 52.6 Å². The van der Waals surface area contributed by atoms with Gasteiger partial charge in [0.2, 0.25) is 5.91 Å². The van der Waals surface area contributed by atoms with Crippen LogP contribution in [0.4, 0.5) is 5.69 Å². The Labute approximate surface area is 263 Å². The van der Waals surface area contributed by atoms with Crippen LogP contribution < -0.4 is 20.2 Å². The van der Waals surface area contributed by atoms with Gasteiger partial charge in [-0.05, 0) is 36.8 Å². The normalized spacial score (nSPS) is 16.9. The van der Waals surface area contributed by atoms with Crippen LogP contribution in [-0.2, 0) is 20.9 Å². The van der Waals surface area contributed by atoms with E-state index in [0.717, 1.165) is 22.0 Å². The average Bonchev–Trinajstić information content (AvgIpc) is 3.57. The Morgan fingerprint density at radius 3 is 2.42 bits per heavy atom. The fraction of sp³-hybridized carbons (Fsp3) is 0.200. The Kier molecular flexibility index (Phi) is 7.74. The fourth-order valence-electron chi connectivity index (χ4n) is 6.00. The number of hydrogen-bond acceptors (Lipinski definition) is 6. The number of amides is 2. The lowest BCUT2D eigenvalue weighted by Gasteiger charge is -2.27. The van der Waals surface area contributed by atoms with E-state index in [2.05, 4.69) is 5.32 Å². The number of thiazole rings is 1. The van der Waals surface area contributed by atoms with E-state index in [1.807, 2.05) is 114 Å². The van der Waals surface area contributed by atoms with Gasteiger partial charge in [0.15, 0.2) is 4.80 Å². The number of anilines is 1. The van der Waals surface area contributed by atoms with E-state index >= 15 is 0 Å². The van der Waals surface area contributed by atoms with Crippen molar-refractivity contribution in [3.05, 3.63) is 133 Å². The zero-order valence-electron chi connectivity index (χ0n) is 24.7. The zero-order valence-corrected chi connectivity index (χ0v) is 25.5. The number of para-hydroxylation sites is 2. The van der Waals surface area contributed by atoms with Gasteiger partial charge in [-0.1, -0.05) is 78.1 Å². The maximum atomic E-state index is 14.2. The first-order chi connectivity index (χ1) is 22.0. The first-order valence-corrected chi connectivity index (χ1v) is 15.7. The molecule has 7 rings (SSSR count). The number of morpholine rings is 1. The summed E-state index contributed by atoms with van der Waals surface area (Å²) in [5, 5.41) is 3.92. The third kappa shape index (κ3) is 5.54. The monoisotopic (exact) mass is 617 g/mol. The Morgan fingerprint density at radius 2 is 1.67 bits per heavy atom. The molecule has 0 spiro atoms. The van der Waals surface area contributed by atoms with Crippen molar-refractivity contribution in [2.75, 3.05) is 31.6 Å². The van der Waals surface area contributed by atoms with Gasteiger partial charge in [0, 0.05) is 41.4 Å². The molecule has 0 saturated carbocycles. The number of benzene rings is 3. The molecular weight excluding hydrogens is 586 g/mol. The van der Waals surface area contributed by atoms with Crippen molar-refractivity contribution in [2.45, 2.75) is 19.5 Å². The van der Waals surface area contributed by atoms with Gasteiger partial charge in [-0.15, -0.1) is 0 Å². The second-order valence-electron chi connectivity index (χ2n) is 11.0. The van der Waals surface area contributed by atoms with Crippen molar-refractivity contribution >= 4 is 45.8 Å². The summed E-state index contributed by atoms with van der Waals surface area (Å²) in [5.41, 5.74) is 3.97. The molecule has 0 unspecified atom stereocenters. The van der Waals surface area contributed by atoms with Crippen LogP contribution in [0.15, 0.2) is 112 Å². The van der Waals surface area contributed by atoms with E-state index < -0.39 is 6.04 Å². The molecule has 0 aliphatic carbocycles. The van der Waals surface area contributed by atoms with Crippen LogP contribution in [0, 0.1) is 0 Å². The van der Waals surface area contributed by atoms with E-state index in [-0.39, 0.29) is 23.9 Å². The van der Waals surface area contributed by atoms with Gasteiger partial charge >= 0.3 is 0 Å². The van der Waals surface area contributed by atoms with Crippen LogP contribution in [0.25, 0.3) is 17.0 Å². The molecule has 2 aromatic heterocycles. The molecule has 0 radical (unpaired) electrons. The van der Waals surface area contributed by atoms with Gasteiger partial charge in [0.1, 0.15) is 6.54 Å². The molecule has 1 N–H and O–H groups in total. The molecule has 0 bridgehead atoms. The molecule has 2 aliphatic heterocycles. The van der Waals surface area contributed by atoms with Crippen LogP contribution >= 0.6 is 11.3 Å². The molecule has 1 fully saturated rings. The quantitative estimate of drug-likeness (QED) is 0.314. The van der Waals surface area contributed by atoms with Gasteiger partial charge in [-0.3, -0.25) is 19.0 Å². The van der Waals surface area contributed by atoms with E-state index in [1.54, 1.807) is 4.57 Å². The van der Waals surface area contributed by atoms with Crippen molar-refractivity contribution in [3.8, 4) is 0 Å². The Balaban J connectivity index is 1.31. The lowest BCUT2D eigenvalue weighted by atomic mass is 9.95. The van der Waals surface area contributed by atoms with E-state index in [1.165, 1.54) is 11.3 Å². The van der Waals surface area contributed by atoms with Gasteiger partial charge in [-0.2, -0.15) is 0 Å². The number of nitrogens with one attached hydrogen (secondary N) is 1. The lowest BCUT2D eigenvalue weighted by Crippen LogP contribution is -2.42. The first-order valence-electron chi connectivity index (χ1n) is 14.9. The minimum Gasteiger partial charge on any atom is -0.378 e. The van der Waals surface area contributed by atoms with Crippen LogP contribution in [0.3, 0.4) is 0 Å². The number of aromatic nitrogens is 2. The molecule has 3 aromatic carbocycles. The summed E-state index contributed by atoms with van der Waals surface area (Å²) in [5.74, 6) is -0.275. The van der Waals surface area contributed by atoms with Gasteiger partial charge in [0.25, 0.3) is 11.5 Å². The van der Waals surface area contributed by atoms with Crippen molar-refractivity contribution in [1.29, 1.82) is 0 Å². The van der Waals surface area contributed by atoms with Crippen LogP contribution in [0.1, 0.15) is 24.1 Å². The molecule has 5 aromatic rings. The third-order valence-electron chi connectivity index (χ3n) is 8.19. The van der Waals surface area contributed by atoms with Crippen molar-refractivity contribution in [2.24, 2.45) is 4.99 Å². The fourth-order valence-corrected chi connectivity index (χ4v) is 7.04. The molecule has 9 nitrogen and oxygen atoms in total. The van der Waals surface area contributed by atoms with Crippen LogP contribution in [0.5, 0.6) is 0 Å². The summed E-state index contributed by atoms with van der Waals surface area (Å²) in [6.07, 6.45) is 3.80. The summed E-state index contributed by atoms with van der Waals surface area (Å²) in [6, 6.07) is 26.0. The number of nitrogens with zero attached hydrogens (tertiary/aromatic N) is 4. The maximum Gasteiger partial charge on any atom is 0.271 e. The number of hydrogen-bond donors (Lipinski definition) is 1. The largest absolute Gasteiger partial charge is 0.378 e. The highest BCUT2D eigenvalue weighted by molar-refractivity contribution is 7.07. The molecule has 45 heavy (non-hydrogen) atoms. The molecule has 2 aliphatic rings. The summed E-state index contributed by atoms with van der Waals surface area (Å²) in [7, 11) is 0. The predicted molar refractivity (Wildman–Crippen MR) is 175 cm³/mol. The summed E-state index contributed by atoms with van der Waals surface area (Å²) in [4.78, 5) is 48.2. The Morgan fingerprint density at radius 1 is 0.978 bits per heavy atom. The van der Waals surface area contributed by atoms with Crippen molar-refractivity contribution < 1.29 is 14.3 Å². The number of carbonyl (C=O) groups is 2. The number of fused-ring (bicyclic) bond motifs is 2. The average molecular weight is 618 g/mol. The van der Waals surface area contributed by atoms with E-state index in [4.69, 9.17) is 9.73 Å². The third-order valence-corrected chi connectivity index (χ3v) is 9.17.